The fourth-order valence-corrected chi connectivity index (χ4v) is 2.40. The number of carbonyl (C=O) groups is 1. The lowest BCUT2D eigenvalue weighted by molar-refractivity contribution is 0.0980. The lowest BCUT2D eigenvalue weighted by Crippen LogP contribution is -2.09. The van der Waals surface area contributed by atoms with Gasteiger partial charge in [0.2, 0.25) is 0 Å². The van der Waals surface area contributed by atoms with Crippen LogP contribution in [0.3, 0.4) is 0 Å². The molecule has 1 nitrogen and oxygen atoms in total. The Kier molecular flexibility index (Phi) is 4.76. The van der Waals surface area contributed by atoms with Crippen molar-refractivity contribution in [1.82, 2.24) is 0 Å². The van der Waals surface area contributed by atoms with Gasteiger partial charge in [0.1, 0.15) is 0 Å². The zero-order valence-corrected chi connectivity index (χ0v) is 12.2. The summed E-state index contributed by atoms with van der Waals surface area (Å²) in [6.45, 7) is 10.4. The minimum atomic E-state index is 0.229. The van der Waals surface area contributed by atoms with E-state index in [1.807, 2.05) is 13.8 Å². The first kappa shape index (κ1) is 14.2. The first-order valence-electron chi connectivity index (χ1n) is 6.07. The number of alkyl halides is 1. The monoisotopic (exact) mass is 252 g/mol. The Morgan fingerprint density at radius 1 is 0.882 bits per heavy atom. The maximum absolute atomic E-state index is 12.2. The molecule has 0 amide bonds. The highest BCUT2D eigenvalue weighted by Gasteiger charge is 2.17. The number of halogens is 1. The zero-order chi connectivity index (χ0) is 13.2. The summed E-state index contributed by atoms with van der Waals surface area (Å²) in [5.41, 5.74) is 6.95. The summed E-state index contributed by atoms with van der Waals surface area (Å²) in [4.78, 5) is 12.2. The number of benzene rings is 1. The lowest BCUT2D eigenvalue weighted by Gasteiger charge is -2.17. The lowest BCUT2D eigenvalue weighted by atomic mass is 9.87. The highest BCUT2D eigenvalue weighted by Crippen LogP contribution is 2.27. The Bertz CT molecular complexity index is 418. The highest BCUT2D eigenvalue weighted by atomic mass is 35.5. The standard InChI is InChI=1S/C15H21ClO/c1-9-10(2)12(4)15(13(5)11(9)3)14(17)7-6-8-16/h6-8H2,1-5H3. The third-order valence-corrected chi connectivity index (χ3v) is 4.08. The maximum Gasteiger partial charge on any atom is 0.163 e. The summed E-state index contributed by atoms with van der Waals surface area (Å²) in [6.07, 6.45) is 1.30. The molecule has 1 aromatic carbocycles. The normalized spacial score (nSPS) is 10.7. The van der Waals surface area contributed by atoms with Crippen molar-refractivity contribution in [3.05, 3.63) is 33.4 Å². The molecule has 0 aliphatic heterocycles. The number of hydrogen-bond acceptors (Lipinski definition) is 1. The van der Waals surface area contributed by atoms with E-state index in [2.05, 4.69) is 20.8 Å². The van der Waals surface area contributed by atoms with Gasteiger partial charge in [-0.25, -0.2) is 0 Å². The molecule has 0 fully saturated rings. The van der Waals surface area contributed by atoms with Crippen molar-refractivity contribution in [3.63, 3.8) is 0 Å². The van der Waals surface area contributed by atoms with Crippen molar-refractivity contribution in [2.45, 2.75) is 47.5 Å². The van der Waals surface area contributed by atoms with E-state index in [0.29, 0.717) is 12.3 Å². The Balaban J connectivity index is 3.29. The molecule has 0 heterocycles. The van der Waals surface area contributed by atoms with Crippen LogP contribution in [0.2, 0.25) is 0 Å². The van der Waals surface area contributed by atoms with Crippen molar-refractivity contribution in [3.8, 4) is 0 Å². The van der Waals surface area contributed by atoms with Crippen molar-refractivity contribution in [2.75, 3.05) is 5.88 Å². The molecule has 1 aromatic rings. The topological polar surface area (TPSA) is 17.1 Å². The van der Waals surface area contributed by atoms with Crippen LogP contribution in [0.4, 0.5) is 0 Å². The molecule has 0 atom stereocenters. The molecule has 17 heavy (non-hydrogen) atoms. The molecule has 0 saturated heterocycles. The van der Waals surface area contributed by atoms with Gasteiger partial charge in [-0.1, -0.05) is 0 Å². The number of rotatable bonds is 4. The van der Waals surface area contributed by atoms with Crippen LogP contribution in [0.5, 0.6) is 0 Å². The molecule has 0 aromatic heterocycles. The van der Waals surface area contributed by atoms with Crippen molar-refractivity contribution in [1.29, 1.82) is 0 Å². The van der Waals surface area contributed by atoms with E-state index in [1.54, 1.807) is 0 Å². The molecule has 0 aliphatic carbocycles. The van der Waals surface area contributed by atoms with E-state index in [-0.39, 0.29) is 5.78 Å². The van der Waals surface area contributed by atoms with Crippen molar-refractivity contribution in [2.24, 2.45) is 0 Å². The molecule has 2 heteroatoms. The molecule has 0 bridgehead atoms. The third-order valence-electron chi connectivity index (χ3n) is 3.82. The molecule has 94 valence electrons. The summed E-state index contributed by atoms with van der Waals surface area (Å²) in [5.74, 6) is 0.778. The second kappa shape index (κ2) is 5.68. The zero-order valence-electron chi connectivity index (χ0n) is 11.4. The summed E-state index contributed by atoms with van der Waals surface area (Å²) in [7, 11) is 0. The minimum Gasteiger partial charge on any atom is -0.294 e. The largest absolute Gasteiger partial charge is 0.294 e. The van der Waals surface area contributed by atoms with Gasteiger partial charge < -0.3 is 0 Å². The van der Waals surface area contributed by atoms with Gasteiger partial charge in [0.25, 0.3) is 0 Å². The van der Waals surface area contributed by atoms with E-state index >= 15 is 0 Å². The first-order chi connectivity index (χ1) is 7.91. The third kappa shape index (κ3) is 2.71. The molecule has 0 aliphatic rings. The first-order valence-corrected chi connectivity index (χ1v) is 6.61. The van der Waals surface area contributed by atoms with Gasteiger partial charge in [0.15, 0.2) is 5.78 Å². The van der Waals surface area contributed by atoms with Gasteiger partial charge in [-0.15, -0.1) is 11.6 Å². The van der Waals surface area contributed by atoms with Gasteiger partial charge in [-0.3, -0.25) is 4.79 Å². The smallest absolute Gasteiger partial charge is 0.163 e. The molecule has 1 rings (SSSR count). The molecule has 0 spiro atoms. The number of ketones is 1. The Morgan fingerprint density at radius 3 is 1.71 bits per heavy atom. The average Bonchev–Trinajstić information content (AvgIpc) is 2.31. The van der Waals surface area contributed by atoms with Crippen LogP contribution in [0.1, 0.15) is 51.0 Å². The second-order valence-corrected chi connectivity index (χ2v) is 5.09. The van der Waals surface area contributed by atoms with Gasteiger partial charge in [-0.05, 0) is 68.9 Å². The van der Waals surface area contributed by atoms with E-state index in [1.165, 1.54) is 16.7 Å². The van der Waals surface area contributed by atoms with Gasteiger partial charge in [0, 0.05) is 17.9 Å². The average molecular weight is 253 g/mol. The number of Topliss-reactive ketones (excluding diaryl/α,β-unsaturated/α-hetero) is 1. The Morgan fingerprint density at radius 2 is 1.29 bits per heavy atom. The predicted molar refractivity (Wildman–Crippen MR) is 74.4 cm³/mol. The van der Waals surface area contributed by atoms with Crippen molar-refractivity contribution >= 4 is 17.4 Å². The summed E-state index contributed by atoms with van der Waals surface area (Å²) in [6, 6.07) is 0. The van der Waals surface area contributed by atoms with Gasteiger partial charge >= 0.3 is 0 Å². The van der Waals surface area contributed by atoms with Crippen LogP contribution in [0.15, 0.2) is 0 Å². The van der Waals surface area contributed by atoms with E-state index in [0.717, 1.165) is 23.1 Å². The summed E-state index contributed by atoms with van der Waals surface area (Å²) < 4.78 is 0. The molecular formula is C15H21ClO. The summed E-state index contributed by atoms with van der Waals surface area (Å²) in [5, 5.41) is 0. The van der Waals surface area contributed by atoms with Crippen LogP contribution in [0.25, 0.3) is 0 Å². The second-order valence-electron chi connectivity index (χ2n) is 4.72. The van der Waals surface area contributed by atoms with Crippen molar-refractivity contribution < 1.29 is 4.79 Å². The molecular weight excluding hydrogens is 232 g/mol. The Hall–Kier alpha value is -0.820. The summed E-state index contributed by atoms with van der Waals surface area (Å²) >= 11 is 5.65. The van der Waals surface area contributed by atoms with E-state index in [9.17, 15) is 4.79 Å². The van der Waals surface area contributed by atoms with Crippen LogP contribution in [-0.2, 0) is 0 Å². The predicted octanol–water partition coefficient (Wildman–Crippen LogP) is 4.43. The quantitative estimate of drug-likeness (QED) is 0.572. The molecule has 0 N–H and O–H groups in total. The van der Waals surface area contributed by atoms with Crippen LogP contribution >= 0.6 is 11.6 Å². The molecule has 0 unspecified atom stereocenters. The van der Waals surface area contributed by atoms with E-state index in [4.69, 9.17) is 11.6 Å². The minimum absolute atomic E-state index is 0.229. The fraction of sp³-hybridized carbons (Fsp3) is 0.533. The van der Waals surface area contributed by atoms with Crippen LogP contribution < -0.4 is 0 Å². The molecule has 0 saturated carbocycles. The SMILES string of the molecule is Cc1c(C)c(C)c(C(=O)CCCCl)c(C)c1C. The van der Waals surface area contributed by atoms with Crippen LogP contribution in [0, 0.1) is 34.6 Å². The van der Waals surface area contributed by atoms with Gasteiger partial charge in [0.05, 0.1) is 0 Å². The van der Waals surface area contributed by atoms with E-state index < -0.39 is 0 Å². The van der Waals surface area contributed by atoms with Gasteiger partial charge in [-0.2, -0.15) is 0 Å². The maximum atomic E-state index is 12.2. The van der Waals surface area contributed by atoms with Crippen LogP contribution in [-0.4, -0.2) is 11.7 Å². The number of carbonyl (C=O) groups excluding carboxylic acids is 1. The fourth-order valence-electron chi connectivity index (χ4n) is 2.27. The molecule has 0 radical (unpaired) electrons. The number of hydrogen-bond donors (Lipinski definition) is 0. The Labute approximate surface area is 109 Å². The highest BCUT2D eigenvalue weighted by molar-refractivity contribution is 6.18.